The molecule has 1 aromatic rings. The van der Waals surface area contributed by atoms with Crippen LogP contribution in [-0.2, 0) is 22.4 Å². The van der Waals surface area contributed by atoms with E-state index in [2.05, 4.69) is 39.0 Å². The van der Waals surface area contributed by atoms with Crippen molar-refractivity contribution in [1.82, 2.24) is 4.90 Å². The molecule has 1 heterocycles. The molecule has 3 nitrogen and oxygen atoms in total. The first-order valence-electron chi connectivity index (χ1n) is 8.23. The molecule has 1 aromatic carbocycles. The van der Waals surface area contributed by atoms with Gasteiger partial charge in [0, 0.05) is 12.2 Å². The molecule has 116 valence electrons. The van der Waals surface area contributed by atoms with Gasteiger partial charge in [0.15, 0.2) is 0 Å². The van der Waals surface area contributed by atoms with E-state index >= 15 is 0 Å². The van der Waals surface area contributed by atoms with Gasteiger partial charge in [0.25, 0.3) is 11.8 Å². The van der Waals surface area contributed by atoms with E-state index in [1.807, 2.05) is 0 Å². The van der Waals surface area contributed by atoms with Gasteiger partial charge in [-0.15, -0.1) is 0 Å². The third-order valence-corrected chi connectivity index (χ3v) is 5.54. The number of amides is 2. The maximum absolute atomic E-state index is 12.2. The first-order valence-corrected chi connectivity index (χ1v) is 8.23. The number of imide groups is 1. The molecule has 0 bridgehead atoms. The van der Waals surface area contributed by atoms with Gasteiger partial charge in [0.2, 0.25) is 0 Å². The van der Waals surface area contributed by atoms with Crippen molar-refractivity contribution in [2.45, 2.75) is 52.5 Å². The number of nitrogens with zero attached hydrogens (tertiary/aromatic N) is 1. The van der Waals surface area contributed by atoms with E-state index in [9.17, 15) is 9.59 Å². The molecular formula is C19H23NO2. The lowest BCUT2D eigenvalue weighted by molar-refractivity contribution is -0.143. The number of hydrogen-bond acceptors (Lipinski definition) is 2. The molecule has 0 spiro atoms. The highest BCUT2D eigenvalue weighted by molar-refractivity contribution is 6.13. The zero-order valence-corrected chi connectivity index (χ0v) is 13.6. The summed E-state index contributed by atoms with van der Waals surface area (Å²) in [5.41, 5.74) is 3.75. The largest absolute Gasteiger partial charge is 0.269 e. The van der Waals surface area contributed by atoms with Crippen LogP contribution in [0, 0.1) is 5.41 Å². The first kappa shape index (κ1) is 15.0. The zero-order chi connectivity index (χ0) is 15.9. The minimum Gasteiger partial charge on any atom is -0.269 e. The molecule has 2 amide bonds. The number of fused-ring (bicyclic) bond motifs is 1. The van der Waals surface area contributed by atoms with Crippen molar-refractivity contribution in [3.8, 4) is 0 Å². The smallest absolute Gasteiger partial charge is 0.254 e. The molecule has 1 aliphatic heterocycles. The Morgan fingerprint density at radius 1 is 1.09 bits per heavy atom. The topological polar surface area (TPSA) is 37.4 Å². The van der Waals surface area contributed by atoms with Gasteiger partial charge in [0.05, 0.1) is 6.04 Å². The van der Waals surface area contributed by atoms with Crippen LogP contribution in [0.5, 0.6) is 0 Å². The molecule has 0 saturated heterocycles. The van der Waals surface area contributed by atoms with Crippen molar-refractivity contribution in [2.24, 2.45) is 5.41 Å². The van der Waals surface area contributed by atoms with Crippen LogP contribution in [0.15, 0.2) is 30.4 Å². The van der Waals surface area contributed by atoms with Crippen molar-refractivity contribution in [2.75, 3.05) is 0 Å². The van der Waals surface area contributed by atoms with Gasteiger partial charge in [-0.1, -0.05) is 39.0 Å². The van der Waals surface area contributed by atoms with Gasteiger partial charge in [-0.3, -0.25) is 14.5 Å². The van der Waals surface area contributed by atoms with Crippen molar-refractivity contribution < 1.29 is 9.59 Å². The Hall–Kier alpha value is -1.90. The second-order valence-corrected chi connectivity index (χ2v) is 6.42. The predicted octanol–water partition coefficient (Wildman–Crippen LogP) is 3.58. The molecule has 0 fully saturated rings. The molecule has 2 aliphatic rings. The molecule has 1 aliphatic carbocycles. The lowest BCUT2D eigenvalue weighted by Gasteiger charge is -2.38. The number of rotatable bonds is 4. The maximum atomic E-state index is 12.2. The van der Waals surface area contributed by atoms with Crippen molar-refractivity contribution in [3.05, 3.63) is 47.0 Å². The van der Waals surface area contributed by atoms with E-state index in [-0.39, 0.29) is 23.3 Å². The van der Waals surface area contributed by atoms with E-state index in [1.54, 1.807) is 0 Å². The number of carbonyl (C=O) groups is 2. The zero-order valence-electron chi connectivity index (χ0n) is 13.6. The quantitative estimate of drug-likeness (QED) is 0.797. The third-order valence-electron chi connectivity index (χ3n) is 5.54. The van der Waals surface area contributed by atoms with Crippen molar-refractivity contribution >= 4 is 11.8 Å². The summed E-state index contributed by atoms with van der Waals surface area (Å²) >= 11 is 0. The van der Waals surface area contributed by atoms with Crippen molar-refractivity contribution in [3.63, 3.8) is 0 Å². The maximum Gasteiger partial charge on any atom is 0.254 e. The lowest BCUT2D eigenvalue weighted by atomic mass is 9.75. The Morgan fingerprint density at radius 2 is 1.73 bits per heavy atom. The number of aryl methyl sites for hydroxylation is 1. The summed E-state index contributed by atoms with van der Waals surface area (Å²) in [6.45, 7) is 6.49. The summed E-state index contributed by atoms with van der Waals surface area (Å²) in [7, 11) is 0. The number of carbonyl (C=O) groups excluding carboxylic acids is 2. The fraction of sp³-hybridized carbons (Fsp3) is 0.474. The molecule has 3 heteroatoms. The average molecular weight is 297 g/mol. The van der Waals surface area contributed by atoms with Crippen LogP contribution < -0.4 is 0 Å². The summed E-state index contributed by atoms with van der Waals surface area (Å²) in [4.78, 5) is 26.0. The summed E-state index contributed by atoms with van der Waals surface area (Å²) in [6.07, 6.45) is 6.67. The highest BCUT2D eigenvalue weighted by Gasteiger charge is 2.50. The van der Waals surface area contributed by atoms with Crippen LogP contribution in [-0.4, -0.2) is 16.7 Å². The van der Waals surface area contributed by atoms with Crippen LogP contribution in [0.1, 0.15) is 56.3 Å². The standard InChI is InChI=1S/C19H23NO2/c1-4-13-7-8-15-14(11-13)12-19(5-2,6-3)18(15)20-16(21)9-10-17(20)22/h7-11,18H,4-6,12H2,1-3H3/t18-/m1/s1. The van der Waals surface area contributed by atoms with Crippen LogP contribution in [0.4, 0.5) is 0 Å². The molecule has 0 saturated carbocycles. The molecule has 0 unspecified atom stereocenters. The van der Waals surface area contributed by atoms with Gasteiger partial charge < -0.3 is 0 Å². The molecular weight excluding hydrogens is 274 g/mol. The Labute approximate surface area is 132 Å². The molecule has 1 atom stereocenters. The van der Waals surface area contributed by atoms with Crippen LogP contribution >= 0.6 is 0 Å². The highest BCUT2D eigenvalue weighted by atomic mass is 16.2. The van der Waals surface area contributed by atoms with Gasteiger partial charge in [-0.2, -0.15) is 0 Å². The minimum absolute atomic E-state index is 0.0357. The Kier molecular flexibility index (Phi) is 3.67. The molecule has 3 rings (SSSR count). The lowest BCUT2D eigenvalue weighted by Crippen LogP contribution is -2.42. The molecule has 0 N–H and O–H groups in total. The first-order chi connectivity index (χ1) is 10.6. The van der Waals surface area contributed by atoms with Crippen LogP contribution in [0.25, 0.3) is 0 Å². The summed E-state index contributed by atoms with van der Waals surface area (Å²) in [6, 6.07) is 6.39. The Balaban J connectivity index is 2.12. The summed E-state index contributed by atoms with van der Waals surface area (Å²) in [5.74, 6) is -0.345. The molecule has 22 heavy (non-hydrogen) atoms. The average Bonchev–Trinajstić information content (AvgIpc) is 3.03. The van der Waals surface area contributed by atoms with Gasteiger partial charge >= 0.3 is 0 Å². The molecule has 0 radical (unpaired) electrons. The number of hydrogen-bond donors (Lipinski definition) is 0. The summed E-state index contributed by atoms with van der Waals surface area (Å²) < 4.78 is 0. The normalized spacial score (nSPS) is 22.5. The fourth-order valence-corrected chi connectivity index (χ4v) is 4.07. The SMILES string of the molecule is CCc1ccc2c(c1)CC(CC)(CC)[C@@H]2N1C(=O)C=CC1=O. The van der Waals surface area contributed by atoms with Crippen molar-refractivity contribution in [1.29, 1.82) is 0 Å². The Morgan fingerprint density at radius 3 is 2.27 bits per heavy atom. The molecule has 0 aromatic heterocycles. The van der Waals surface area contributed by atoms with Crippen LogP contribution in [0.3, 0.4) is 0 Å². The third kappa shape index (κ3) is 2.03. The van der Waals surface area contributed by atoms with E-state index in [1.165, 1.54) is 28.2 Å². The van der Waals surface area contributed by atoms with Gasteiger partial charge in [0.1, 0.15) is 0 Å². The van der Waals surface area contributed by atoms with E-state index in [4.69, 9.17) is 0 Å². The van der Waals surface area contributed by atoms with Gasteiger partial charge in [-0.05, 0) is 47.8 Å². The number of benzene rings is 1. The van der Waals surface area contributed by atoms with Gasteiger partial charge in [-0.25, -0.2) is 0 Å². The highest BCUT2D eigenvalue weighted by Crippen LogP contribution is 2.53. The van der Waals surface area contributed by atoms with E-state index in [0.29, 0.717) is 0 Å². The van der Waals surface area contributed by atoms with E-state index in [0.717, 1.165) is 31.2 Å². The van der Waals surface area contributed by atoms with Crippen LogP contribution in [0.2, 0.25) is 0 Å². The monoisotopic (exact) mass is 297 g/mol. The predicted molar refractivity (Wildman–Crippen MR) is 86.3 cm³/mol. The second kappa shape index (κ2) is 5.38. The van der Waals surface area contributed by atoms with E-state index < -0.39 is 0 Å². The Bertz CT molecular complexity index is 637. The fourth-order valence-electron chi connectivity index (χ4n) is 4.07. The summed E-state index contributed by atoms with van der Waals surface area (Å²) in [5, 5.41) is 0. The second-order valence-electron chi connectivity index (χ2n) is 6.42. The minimum atomic E-state index is -0.173.